The Kier molecular flexibility index (Phi) is 2.22. The van der Waals surface area contributed by atoms with Gasteiger partial charge in [0.2, 0.25) is 0 Å². The molecular weight excluding hydrogens is 186 g/mol. The van der Waals surface area contributed by atoms with Crippen molar-refractivity contribution in [2.45, 2.75) is 6.18 Å². The van der Waals surface area contributed by atoms with Crippen LogP contribution < -0.4 is 0 Å². The number of alkyl halides is 3. The predicted molar refractivity (Wildman–Crippen MR) is 38.1 cm³/mol. The van der Waals surface area contributed by atoms with E-state index in [-0.39, 0.29) is 5.69 Å². The van der Waals surface area contributed by atoms with Gasteiger partial charge >= 0.3 is 6.18 Å². The molecule has 0 aliphatic rings. The Morgan fingerprint density at radius 1 is 1.15 bits per heavy atom. The fourth-order valence-electron chi connectivity index (χ4n) is 0.772. The Balaban J connectivity index is 3.01. The molecule has 0 amide bonds. The van der Waals surface area contributed by atoms with Gasteiger partial charge in [0, 0.05) is 12.1 Å². The summed E-state index contributed by atoms with van der Waals surface area (Å²) in [5.74, 6) is 0. The van der Waals surface area contributed by atoms with E-state index >= 15 is 0 Å². The molecule has 0 aromatic heterocycles. The van der Waals surface area contributed by atoms with Gasteiger partial charge in [0.05, 0.1) is 10.5 Å². The van der Waals surface area contributed by atoms with E-state index in [0.29, 0.717) is 12.1 Å². The zero-order valence-corrected chi connectivity index (χ0v) is 6.21. The number of benzene rings is 1. The van der Waals surface area contributed by atoms with Crippen molar-refractivity contribution >= 4 is 5.69 Å². The van der Waals surface area contributed by atoms with Crippen LogP contribution in [0.25, 0.3) is 0 Å². The van der Waals surface area contributed by atoms with Gasteiger partial charge in [-0.2, -0.15) is 13.2 Å². The Labute approximate surface area is 70.9 Å². The highest BCUT2D eigenvalue weighted by Gasteiger charge is 2.30. The summed E-state index contributed by atoms with van der Waals surface area (Å²) in [5, 5.41) is 10.1. The van der Waals surface area contributed by atoms with Crippen molar-refractivity contribution in [3.8, 4) is 0 Å². The number of hydrogen-bond donors (Lipinski definition) is 0. The minimum atomic E-state index is -4.45. The predicted octanol–water partition coefficient (Wildman–Crippen LogP) is 2.61. The fraction of sp³-hybridized carbons (Fsp3) is 0.143. The van der Waals surface area contributed by atoms with Crippen molar-refractivity contribution in [1.82, 2.24) is 0 Å². The zero-order valence-electron chi connectivity index (χ0n) is 6.21. The van der Waals surface area contributed by atoms with Crippen LogP contribution in [-0.2, 0) is 6.18 Å². The van der Waals surface area contributed by atoms with Crippen LogP contribution >= 0.6 is 0 Å². The van der Waals surface area contributed by atoms with E-state index in [4.69, 9.17) is 0 Å². The maximum atomic E-state index is 12.0. The molecule has 0 saturated heterocycles. The van der Waals surface area contributed by atoms with Crippen molar-refractivity contribution in [3.63, 3.8) is 0 Å². The molecule has 0 spiro atoms. The average molecular weight is 190 g/mol. The molecule has 13 heavy (non-hydrogen) atoms. The van der Waals surface area contributed by atoms with Crippen LogP contribution in [0.2, 0.25) is 0 Å². The second-order valence-electron chi connectivity index (χ2n) is 2.30. The molecule has 0 N–H and O–H groups in total. The van der Waals surface area contributed by atoms with Gasteiger partial charge in [-0.1, -0.05) is 0 Å². The third kappa shape index (κ3) is 2.17. The third-order valence-corrected chi connectivity index (χ3v) is 1.41. The number of rotatable bonds is 1. The molecule has 0 atom stereocenters. The van der Waals surface area contributed by atoms with E-state index in [1.807, 2.05) is 0 Å². The highest BCUT2D eigenvalue weighted by atomic mass is 19.3. The standard InChI is InChI=1S/C7H4F3NO2/c8-7(9,10)5-1-3-6(4-2-5)11(12)13/h1-4H/i8-1. The second kappa shape index (κ2) is 3.04. The molecule has 0 radical (unpaired) electrons. The summed E-state index contributed by atoms with van der Waals surface area (Å²) in [6.45, 7) is 0. The van der Waals surface area contributed by atoms with Crippen molar-refractivity contribution in [2.24, 2.45) is 0 Å². The van der Waals surface area contributed by atoms with Crippen molar-refractivity contribution in [1.29, 1.82) is 0 Å². The smallest absolute Gasteiger partial charge is 0.258 e. The molecule has 0 heterocycles. The van der Waals surface area contributed by atoms with Gasteiger partial charge in [-0.15, -0.1) is 0 Å². The van der Waals surface area contributed by atoms with E-state index in [9.17, 15) is 23.3 Å². The van der Waals surface area contributed by atoms with Crippen molar-refractivity contribution in [2.75, 3.05) is 0 Å². The summed E-state index contributed by atoms with van der Waals surface area (Å²) in [6.07, 6.45) is -4.45. The number of nitro groups is 1. The van der Waals surface area contributed by atoms with Crippen LogP contribution in [0.5, 0.6) is 0 Å². The minimum Gasteiger partial charge on any atom is -0.258 e. The van der Waals surface area contributed by atoms with Crippen LogP contribution in [-0.4, -0.2) is 4.92 Å². The van der Waals surface area contributed by atoms with Crippen LogP contribution in [0.1, 0.15) is 5.56 Å². The summed E-state index contributed by atoms with van der Waals surface area (Å²) in [4.78, 5) is 9.34. The monoisotopic (exact) mass is 190 g/mol. The first kappa shape index (κ1) is 9.50. The van der Waals surface area contributed by atoms with E-state index < -0.39 is 16.7 Å². The number of halogens is 3. The molecule has 0 unspecified atom stereocenters. The lowest BCUT2D eigenvalue weighted by atomic mass is 10.2. The highest BCUT2D eigenvalue weighted by Crippen LogP contribution is 2.29. The Morgan fingerprint density at radius 3 is 1.92 bits per heavy atom. The maximum Gasteiger partial charge on any atom is 0.416 e. The van der Waals surface area contributed by atoms with E-state index in [2.05, 4.69) is 0 Å². The SMILES string of the molecule is O=[N+]([O-])c1ccc(C(F)(F)[18F])cc1. The molecule has 0 bridgehead atoms. The van der Waals surface area contributed by atoms with Crippen molar-refractivity contribution in [3.05, 3.63) is 39.9 Å². The van der Waals surface area contributed by atoms with Crippen LogP contribution in [0, 0.1) is 10.1 Å². The summed E-state index contributed by atoms with van der Waals surface area (Å²) in [7, 11) is 0. The Hall–Kier alpha value is -1.59. The molecule has 0 aliphatic carbocycles. The van der Waals surface area contributed by atoms with E-state index in [1.165, 1.54) is 0 Å². The average Bonchev–Trinajstić information content (AvgIpc) is 2.03. The van der Waals surface area contributed by atoms with E-state index in [1.54, 1.807) is 0 Å². The molecule has 3 nitrogen and oxygen atoms in total. The summed E-state index contributed by atoms with van der Waals surface area (Å²) < 4.78 is 35.9. The van der Waals surface area contributed by atoms with Gasteiger partial charge in [0.1, 0.15) is 0 Å². The number of hydrogen-bond acceptors (Lipinski definition) is 2. The quantitative estimate of drug-likeness (QED) is 0.504. The molecule has 1 rings (SSSR count). The molecular formula is C7H4F3NO2. The number of nitrogens with zero attached hydrogens (tertiary/aromatic N) is 1. The molecule has 0 fully saturated rings. The fourth-order valence-corrected chi connectivity index (χ4v) is 0.772. The molecule has 1 aromatic carbocycles. The van der Waals surface area contributed by atoms with Crippen molar-refractivity contribution < 1.29 is 18.1 Å². The molecule has 0 saturated carbocycles. The molecule has 6 heteroatoms. The highest BCUT2D eigenvalue weighted by molar-refractivity contribution is 5.33. The Morgan fingerprint density at radius 2 is 1.62 bits per heavy atom. The molecule has 0 aliphatic heterocycles. The van der Waals surface area contributed by atoms with Gasteiger partial charge in [0.15, 0.2) is 0 Å². The third-order valence-electron chi connectivity index (χ3n) is 1.41. The normalized spacial score (nSPS) is 11.3. The summed E-state index contributed by atoms with van der Waals surface area (Å²) in [5.41, 5.74) is -1.24. The first-order chi connectivity index (χ1) is 5.91. The lowest BCUT2D eigenvalue weighted by Gasteiger charge is -2.04. The van der Waals surface area contributed by atoms with Gasteiger partial charge in [-0.05, 0) is 12.1 Å². The summed E-state index contributed by atoms with van der Waals surface area (Å²) >= 11 is 0. The van der Waals surface area contributed by atoms with Gasteiger partial charge in [0.25, 0.3) is 5.69 Å². The zero-order chi connectivity index (χ0) is 10.1. The van der Waals surface area contributed by atoms with Gasteiger partial charge in [-0.3, -0.25) is 10.1 Å². The number of nitro benzene ring substituents is 1. The van der Waals surface area contributed by atoms with Crippen LogP contribution in [0.4, 0.5) is 18.9 Å². The van der Waals surface area contributed by atoms with Gasteiger partial charge < -0.3 is 0 Å². The molecule has 1 aromatic rings. The second-order valence-corrected chi connectivity index (χ2v) is 2.30. The number of non-ortho nitro benzene ring substituents is 1. The minimum absolute atomic E-state index is 0.354. The Bertz CT molecular complexity index is 318. The first-order valence-corrected chi connectivity index (χ1v) is 3.23. The topological polar surface area (TPSA) is 43.1 Å². The maximum absolute atomic E-state index is 12.0. The van der Waals surface area contributed by atoms with Gasteiger partial charge in [-0.25, -0.2) is 0 Å². The van der Waals surface area contributed by atoms with Crippen LogP contribution in [0.15, 0.2) is 24.3 Å². The van der Waals surface area contributed by atoms with E-state index in [0.717, 1.165) is 12.1 Å². The lowest BCUT2D eigenvalue weighted by molar-refractivity contribution is -0.384. The first-order valence-electron chi connectivity index (χ1n) is 3.23. The summed E-state index contributed by atoms with van der Waals surface area (Å²) in [6, 6.07) is 3.00. The largest absolute Gasteiger partial charge is 0.416 e. The lowest BCUT2D eigenvalue weighted by Crippen LogP contribution is -2.04. The molecule has 70 valence electrons. The van der Waals surface area contributed by atoms with Crippen LogP contribution in [0.3, 0.4) is 0 Å².